The van der Waals surface area contributed by atoms with E-state index in [0.717, 1.165) is 21.3 Å². The van der Waals surface area contributed by atoms with Crippen LogP contribution in [0.25, 0.3) is 0 Å². The minimum absolute atomic E-state index is 0.0891. The predicted octanol–water partition coefficient (Wildman–Crippen LogP) is 5.06. The van der Waals surface area contributed by atoms with Crippen LogP contribution in [0, 0.1) is 12.7 Å². The van der Waals surface area contributed by atoms with E-state index in [4.69, 9.17) is 0 Å². The lowest BCUT2D eigenvalue weighted by molar-refractivity contribution is 0.0728. The molecule has 2 heterocycles. The Morgan fingerprint density at radius 3 is 2.70 bits per heavy atom. The molecular formula is C21H17BrFN3O. The average Bonchev–Trinajstić information content (AvgIpc) is 2.92. The van der Waals surface area contributed by atoms with Crippen molar-refractivity contribution >= 4 is 27.5 Å². The molecule has 4 rings (SSSR count). The van der Waals surface area contributed by atoms with E-state index >= 15 is 0 Å². The number of fused-ring (bicyclic) bond motifs is 1. The zero-order valence-electron chi connectivity index (χ0n) is 14.6. The van der Waals surface area contributed by atoms with E-state index in [-0.39, 0.29) is 17.9 Å². The summed E-state index contributed by atoms with van der Waals surface area (Å²) in [5.74, 6) is -0.384. The number of carbonyl (C=O) groups excluding carboxylic acids is 1. The molecular weight excluding hydrogens is 409 g/mol. The molecule has 4 nitrogen and oxygen atoms in total. The molecule has 27 heavy (non-hydrogen) atoms. The van der Waals surface area contributed by atoms with Gasteiger partial charge in [0, 0.05) is 22.9 Å². The van der Waals surface area contributed by atoms with Crippen molar-refractivity contribution in [2.24, 2.45) is 0 Å². The van der Waals surface area contributed by atoms with Gasteiger partial charge in [0.1, 0.15) is 12.0 Å². The van der Waals surface area contributed by atoms with Gasteiger partial charge in [-0.05, 0) is 60.5 Å². The van der Waals surface area contributed by atoms with Crippen molar-refractivity contribution in [3.05, 3.63) is 93.5 Å². The zero-order valence-corrected chi connectivity index (χ0v) is 16.2. The Kier molecular flexibility index (Phi) is 4.66. The molecule has 1 aromatic heterocycles. The summed E-state index contributed by atoms with van der Waals surface area (Å²) in [6.07, 6.45) is 1.30. The number of benzene rings is 2. The molecule has 0 saturated carbocycles. The van der Waals surface area contributed by atoms with Crippen molar-refractivity contribution in [2.75, 3.05) is 5.32 Å². The summed E-state index contributed by atoms with van der Waals surface area (Å²) in [4.78, 5) is 19.1. The summed E-state index contributed by atoms with van der Waals surface area (Å²) in [6, 6.07) is 15.7. The summed E-state index contributed by atoms with van der Waals surface area (Å²) in [6.45, 7) is 2.38. The highest BCUT2D eigenvalue weighted by atomic mass is 79.9. The van der Waals surface area contributed by atoms with Crippen LogP contribution >= 0.6 is 15.9 Å². The van der Waals surface area contributed by atoms with E-state index in [9.17, 15) is 9.18 Å². The summed E-state index contributed by atoms with van der Waals surface area (Å²) in [5, 5.41) is 3.42. The SMILES string of the molecule is Cc1cc(N[C@@H]2c3ncccc3C(=O)N2Cc2ccc(F)cc2)ccc1Br. The van der Waals surface area contributed by atoms with E-state index in [2.05, 4.69) is 26.2 Å². The molecule has 2 aromatic carbocycles. The number of rotatable bonds is 4. The van der Waals surface area contributed by atoms with Gasteiger partial charge in [0.05, 0.1) is 11.3 Å². The fraction of sp³-hybridized carbons (Fsp3) is 0.143. The van der Waals surface area contributed by atoms with Crippen molar-refractivity contribution < 1.29 is 9.18 Å². The predicted molar refractivity (Wildman–Crippen MR) is 106 cm³/mol. The topological polar surface area (TPSA) is 45.2 Å². The van der Waals surface area contributed by atoms with Gasteiger partial charge in [-0.1, -0.05) is 28.1 Å². The molecule has 1 aliphatic heterocycles. The van der Waals surface area contributed by atoms with Crippen LogP contribution in [0.3, 0.4) is 0 Å². The molecule has 1 N–H and O–H groups in total. The zero-order chi connectivity index (χ0) is 19.0. The van der Waals surface area contributed by atoms with E-state index in [1.807, 2.05) is 25.1 Å². The van der Waals surface area contributed by atoms with Crippen LogP contribution in [0.5, 0.6) is 0 Å². The van der Waals surface area contributed by atoms with Crippen molar-refractivity contribution in [3.63, 3.8) is 0 Å². The fourth-order valence-electron chi connectivity index (χ4n) is 3.22. The second-order valence-electron chi connectivity index (χ2n) is 6.51. The van der Waals surface area contributed by atoms with Gasteiger partial charge in [-0.2, -0.15) is 0 Å². The number of hydrogen-bond acceptors (Lipinski definition) is 3. The molecule has 0 fully saturated rings. The number of pyridine rings is 1. The molecule has 1 amide bonds. The number of aromatic nitrogens is 1. The monoisotopic (exact) mass is 425 g/mol. The van der Waals surface area contributed by atoms with Gasteiger partial charge in [0.2, 0.25) is 0 Å². The third-order valence-corrected chi connectivity index (χ3v) is 5.52. The first-order valence-electron chi connectivity index (χ1n) is 8.56. The second kappa shape index (κ2) is 7.12. The van der Waals surface area contributed by atoms with Crippen LogP contribution in [0.4, 0.5) is 10.1 Å². The largest absolute Gasteiger partial charge is 0.360 e. The Balaban J connectivity index is 1.68. The summed E-state index contributed by atoms with van der Waals surface area (Å²) in [7, 11) is 0. The molecule has 0 radical (unpaired) electrons. The number of halogens is 2. The highest BCUT2D eigenvalue weighted by Crippen LogP contribution is 2.34. The highest BCUT2D eigenvalue weighted by Gasteiger charge is 2.37. The summed E-state index contributed by atoms with van der Waals surface area (Å²) >= 11 is 3.50. The maximum absolute atomic E-state index is 13.2. The Hall–Kier alpha value is -2.73. The molecule has 1 atom stereocenters. The van der Waals surface area contributed by atoms with Crippen molar-refractivity contribution in [2.45, 2.75) is 19.6 Å². The smallest absolute Gasteiger partial charge is 0.258 e. The lowest BCUT2D eigenvalue weighted by Gasteiger charge is -2.27. The molecule has 3 aromatic rings. The molecule has 6 heteroatoms. The average molecular weight is 426 g/mol. The van der Waals surface area contributed by atoms with Gasteiger partial charge in [-0.25, -0.2) is 4.39 Å². The number of hydrogen-bond donors (Lipinski definition) is 1. The van der Waals surface area contributed by atoms with E-state index in [0.29, 0.717) is 17.8 Å². The van der Waals surface area contributed by atoms with Crippen LogP contribution in [-0.4, -0.2) is 15.8 Å². The summed E-state index contributed by atoms with van der Waals surface area (Å²) in [5.41, 5.74) is 4.14. The normalized spacial score (nSPS) is 15.7. The first kappa shape index (κ1) is 17.7. The molecule has 0 aliphatic carbocycles. The number of carbonyl (C=O) groups is 1. The fourth-order valence-corrected chi connectivity index (χ4v) is 3.47. The lowest BCUT2D eigenvalue weighted by atomic mass is 10.2. The van der Waals surface area contributed by atoms with E-state index < -0.39 is 0 Å². The number of aryl methyl sites for hydroxylation is 1. The van der Waals surface area contributed by atoms with Gasteiger partial charge in [-0.15, -0.1) is 0 Å². The lowest BCUT2D eigenvalue weighted by Crippen LogP contribution is -2.32. The molecule has 136 valence electrons. The van der Waals surface area contributed by atoms with Gasteiger partial charge >= 0.3 is 0 Å². The number of nitrogens with one attached hydrogen (secondary N) is 1. The Bertz CT molecular complexity index is 1010. The minimum atomic E-state index is -0.390. The number of nitrogens with zero attached hydrogens (tertiary/aromatic N) is 2. The maximum Gasteiger partial charge on any atom is 0.258 e. The Morgan fingerprint density at radius 2 is 1.96 bits per heavy atom. The highest BCUT2D eigenvalue weighted by molar-refractivity contribution is 9.10. The van der Waals surface area contributed by atoms with Crippen molar-refractivity contribution in [1.82, 2.24) is 9.88 Å². The third kappa shape index (κ3) is 3.45. The van der Waals surface area contributed by atoms with Crippen LogP contribution in [-0.2, 0) is 6.54 Å². The van der Waals surface area contributed by atoms with Crippen LogP contribution < -0.4 is 5.32 Å². The molecule has 0 unspecified atom stereocenters. The van der Waals surface area contributed by atoms with Gasteiger partial charge in [0.15, 0.2) is 0 Å². The first-order chi connectivity index (χ1) is 13.0. The number of anilines is 1. The van der Waals surface area contributed by atoms with Gasteiger partial charge in [0.25, 0.3) is 5.91 Å². The van der Waals surface area contributed by atoms with Crippen molar-refractivity contribution in [3.8, 4) is 0 Å². The molecule has 0 saturated heterocycles. The standard InChI is InChI=1S/C21H17BrFN3O/c1-13-11-16(8-9-18(13)22)25-20-19-17(3-2-10-24-19)21(27)26(20)12-14-4-6-15(23)7-5-14/h2-11,20,25H,12H2,1H3/t20-/m0/s1. The summed E-state index contributed by atoms with van der Waals surface area (Å²) < 4.78 is 14.2. The Labute approximate surface area is 165 Å². The van der Waals surface area contributed by atoms with Crippen molar-refractivity contribution in [1.29, 1.82) is 0 Å². The van der Waals surface area contributed by atoms with Crippen LogP contribution in [0.1, 0.15) is 33.3 Å². The quantitative estimate of drug-likeness (QED) is 0.635. The Morgan fingerprint density at radius 1 is 1.19 bits per heavy atom. The molecule has 1 aliphatic rings. The first-order valence-corrected chi connectivity index (χ1v) is 9.35. The molecule has 0 spiro atoms. The van der Waals surface area contributed by atoms with Crippen LogP contribution in [0.15, 0.2) is 65.3 Å². The van der Waals surface area contributed by atoms with E-state index in [1.165, 1.54) is 12.1 Å². The van der Waals surface area contributed by atoms with Gasteiger partial charge < -0.3 is 10.2 Å². The maximum atomic E-state index is 13.2. The number of amides is 1. The third-order valence-electron chi connectivity index (χ3n) is 4.63. The second-order valence-corrected chi connectivity index (χ2v) is 7.36. The molecule has 0 bridgehead atoms. The van der Waals surface area contributed by atoms with E-state index in [1.54, 1.807) is 35.4 Å². The van der Waals surface area contributed by atoms with Gasteiger partial charge in [-0.3, -0.25) is 9.78 Å². The van der Waals surface area contributed by atoms with Crippen LogP contribution in [0.2, 0.25) is 0 Å². The minimum Gasteiger partial charge on any atom is -0.360 e.